The van der Waals surface area contributed by atoms with Crippen LogP contribution in [0.4, 0.5) is 0 Å². The number of aryl methyl sites for hydroxylation is 2. The van der Waals surface area contributed by atoms with E-state index in [0.717, 1.165) is 16.2 Å². The Morgan fingerprint density at radius 3 is 2.71 bits per heavy atom. The van der Waals surface area contributed by atoms with Crippen molar-refractivity contribution >= 4 is 21.4 Å². The average molecular weight is 274 g/mol. The monoisotopic (exact) mass is 274 g/mol. The highest BCUT2D eigenvalue weighted by Crippen LogP contribution is 2.30. The number of sulfonamides is 1. The van der Waals surface area contributed by atoms with E-state index in [1.807, 2.05) is 13.8 Å². The van der Waals surface area contributed by atoms with Crippen molar-refractivity contribution < 1.29 is 8.42 Å². The van der Waals surface area contributed by atoms with Crippen molar-refractivity contribution in [3.63, 3.8) is 0 Å². The van der Waals surface area contributed by atoms with E-state index in [9.17, 15) is 8.42 Å². The molecule has 0 saturated carbocycles. The van der Waals surface area contributed by atoms with Gasteiger partial charge in [0.15, 0.2) is 0 Å². The first-order chi connectivity index (χ1) is 7.95. The Hall–Kier alpha value is -0.430. The molecule has 4 nitrogen and oxygen atoms in total. The normalized spacial score (nSPS) is 22.2. The summed E-state index contributed by atoms with van der Waals surface area (Å²) in [5, 5.41) is 0. The number of hydrogen-bond donors (Lipinski definition) is 1. The Morgan fingerprint density at radius 1 is 1.53 bits per heavy atom. The number of thiophene rings is 1. The molecule has 96 valence electrons. The van der Waals surface area contributed by atoms with Gasteiger partial charge in [0.05, 0.1) is 4.90 Å². The second-order valence-corrected chi connectivity index (χ2v) is 7.90. The molecule has 1 aliphatic rings. The third-order valence-electron chi connectivity index (χ3n) is 3.20. The van der Waals surface area contributed by atoms with E-state index in [1.54, 1.807) is 10.4 Å². The first-order valence-electron chi connectivity index (χ1n) is 5.72. The highest BCUT2D eigenvalue weighted by atomic mass is 32.2. The van der Waals surface area contributed by atoms with Gasteiger partial charge in [-0.1, -0.05) is 0 Å². The molecule has 6 heteroatoms. The van der Waals surface area contributed by atoms with Gasteiger partial charge >= 0.3 is 0 Å². The molecular formula is C11H18N2O2S2. The Labute approximate surface area is 106 Å². The molecule has 0 spiro atoms. The summed E-state index contributed by atoms with van der Waals surface area (Å²) in [7, 11) is -3.30. The van der Waals surface area contributed by atoms with E-state index in [1.165, 1.54) is 11.3 Å². The van der Waals surface area contributed by atoms with Crippen molar-refractivity contribution in [2.75, 3.05) is 19.6 Å². The van der Waals surface area contributed by atoms with Crippen LogP contribution < -0.4 is 5.73 Å². The zero-order chi connectivity index (χ0) is 12.6. The smallest absolute Gasteiger partial charge is 0.244 e. The molecular weight excluding hydrogens is 256 g/mol. The van der Waals surface area contributed by atoms with Crippen LogP contribution in [-0.4, -0.2) is 32.4 Å². The van der Waals surface area contributed by atoms with E-state index in [2.05, 4.69) is 0 Å². The maximum Gasteiger partial charge on any atom is 0.244 e. The van der Waals surface area contributed by atoms with Crippen LogP contribution in [0.5, 0.6) is 0 Å². The van der Waals surface area contributed by atoms with Crippen LogP contribution >= 0.6 is 11.3 Å². The third kappa shape index (κ3) is 2.40. The number of nitrogens with zero attached hydrogens (tertiary/aromatic N) is 1. The summed E-state index contributed by atoms with van der Waals surface area (Å²) in [6.45, 7) is 5.52. The fourth-order valence-corrected chi connectivity index (χ4v) is 5.27. The molecule has 1 saturated heterocycles. The SMILES string of the molecule is Cc1cc(S(=O)(=O)N2CC[C@@H](CN)C2)c(C)s1. The summed E-state index contributed by atoms with van der Waals surface area (Å²) in [5.41, 5.74) is 5.59. The molecule has 17 heavy (non-hydrogen) atoms. The van der Waals surface area contributed by atoms with Crippen molar-refractivity contribution in [1.29, 1.82) is 0 Å². The topological polar surface area (TPSA) is 63.4 Å². The van der Waals surface area contributed by atoms with Gasteiger partial charge in [0.2, 0.25) is 10.0 Å². The molecule has 1 fully saturated rings. The average Bonchev–Trinajstić information content (AvgIpc) is 2.85. The fraction of sp³-hybridized carbons (Fsp3) is 0.636. The quantitative estimate of drug-likeness (QED) is 0.904. The molecule has 1 aromatic heterocycles. The summed E-state index contributed by atoms with van der Waals surface area (Å²) < 4.78 is 26.4. The van der Waals surface area contributed by atoms with Crippen LogP contribution in [0.15, 0.2) is 11.0 Å². The van der Waals surface area contributed by atoms with Crippen LogP contribution in [0, 0.1) is 19.8 Å². The first-order valence-corrected chi connectivity index (χ1v) is 7.98. The highest BCUT2D eigenvalue weighted by molar-refractivity contribution is 7.89. The van der Waals surface area contributed by atoms with Crippen molar-refractivity contribution in [2.24, 2.45) is 11.7 Å². The van der Waals surface area contributed by atoms with E-state index in [-0.39, 0.29) is 0 Å². The number of hydrogen-bond acceptors (Lipinski definition) is 4. The third-order valence-corrected chi connectivity index (χ3v) is 6.28. The van der Waals surface area contributed by atoms with E-state index < -0.39 is 10.0 Å². The minimum absolute atomic E-state index is 0.310. The van der Waals surface area contributed by atoms with Crippen LogP contribution in [0.1, 0.15) is 16.2 Å². The number of rotatable bonds is 3. The molecule has 1 atom stereocenters. The largest absolute Gasteiger partial charge is 0.330 e. The van der Waals surface area contributed by atoms with Gasteiger partial charge in [0.25, 0.3) is 0 Å². The van der Waals surface area contributed by atoms with Crippen molar-refractivity contribution in [3.8, 4) is 0 Å². The van der Waals surface area contributed by atoms with Crippen LogP contribution in [0.2, 0.25) is 0 Å². The first kappa shape index (κ1) is 13.0. The molecule has 0 aromatic carbocycles. The minimum atomic E-state index is -3.30. The molecule has 1 aromatic rings. The second kappa shape index (κ2) is 4.68. The lowest BCUT2D eigenvalue weighted by atomic mass is 10.1. The van der Waals surface area contributed by atoms with Gasteiger partial charge in [0.1, 0.15) is 0 Å². The number of nitrogens with two attached hydrogens (primary N) is 1. The lowest BCUT2D eigenvalue weighted by Crippen LogP contribution is -2.30. The van der Waals surface area contributed by atoms with Gasteiger partial charge in [-0.25, -0.2) is 8.42 Å². The van der Waals surface area contributed by atoms with Gasteiger partial charge in [-0.05, 0) is 38.8 Å². The predicted molar refractivity (Wildman–Crippen MR) is 69.7 cm³/mol. The zero-order valence-corrected chi connectivity index (χ0v) is 11.8. The lowest BCUT2D eigenvalue weighted by Gasteiger charge is -2.16. The van der Waals surface area contributed by atoms with E-state index in [0.29, 0.717) is 30.4 Å². The summed E-state index contributed by atoms with van der Waals surface area (Å²) in [6, 6.07) is 1.77. The Kier molecular flexibility index (Phi) is 3.58. The summed E-state index contributed by atoms with van der Waals surface area (Å²) in [5.74, 6) is 0.310. The van der Waals surface area contributed by atoms with Crippen molar-refractivity contribution in [3.05, 3.63) is 15.8 Å². The predicted octanol–water partition coefficient (Wildman–Crippen LogP) is 1.33. The summed E-state index contributed by atoms with van der Waals surface area (Å²) in [4.78, 5) is 2.38. The van der Waals surface area contributed by atoms with Crippen molar-refractivity contribution in [1.82, 2.24) is 4.31 Å². The van der Waals surface area contributed by atoms with Gasteiger partial charge in [-0.3, -0.25) is 0 Å². The maximum atomic E-state index is 12.4. The minimum Gasteiger partial charge on any atom is -0.330 e. The Balaban J connectivity index is 2.28. The molecule has 0 amide bonds. The van der Waals surface area contributed by atoms with Crippen LogP contribution in [0.3, 0.4) is 0 Å². The molecule has 2 N–H and O–H groups in total. The highest BCUT2D eigenvalue weighted by Gasteiger charge is 2.33. The zero-order valence-electron chi connectivity index (χ0n) is 10.1. The maximum absolute atomic E-state index is 12.4. The molecule has 2 rings (SSSR count). The fourth-order valence-electron chi connectivity index (χ4n) is 2.21. The second-order valence-electron chi connectivity index (χ2n) is 4.53. The van der Waals surface area contributed by atoms with E-state index in [4.69, 9.17) is 5.73 Å². The lowest BCUT2D eigenvalue weighted by molar-refractivity contribution is 0.459. The molecule has 0 aliphatic carbocycles. The van der Waals surface area contributed by atoms with Crippen LogP contribution in [0.25, 0.3) is 0 Å². The van der Waals surface area contributed by atoms with E-state index >= 15 is 0 Å². The molecule has 0 unspecified atom stereocenters. The van der Waals surface area contributed by atoms with Crippen LogP contribution in [-0.2, 0) is 10.0 Å². The standard InChI is InChI=1S/C11H18N2O2S2/c1-8-5-11(9(2)16-8)17(14,15)13-4-3-10(6-12)7-13/h5,10H,3-4,6-7,12H2,1-2H3/t10-/m0/s1. The Bertz CT molecular complexity index is 508. The van der Waals surface area contributed by atoms with Crippen molar-refractivity contribution in [2.45, 2.75) is 25.2 Å². The molecule has 2 heterocycles. The van der Waals surface area contributed by atoms with Gasteiger partial charge in [0, 0.05) is 22.8 Å². The van der Waals surface area contributed by atoms with Gasteiger partial charge < -0.3 is 5.73 Å². The van der Waals surface area contributed by atoms with Gasteiger partial charge in [-0.15, -0.1) is 11.3 Å². The molecule has 0 radical (unpaired) electrons. The van der Waals surface area contributed by atoms with Gasteiger partial charge in [-0.2, -0.15) is 4.31 Å². The summed E-state index contributed by atoms with van der Waals surface area (Å²) >= 11 is 1.53. The Morgan fingerprint density at radius 2 is 2.24 bits per heavy atom. The molecule has 1 aliphatic heterocycles. The summed E-state index contributed by atoms with van der Waals surface area (Å²) in [6.07, 6.45) is 0.873. The molecule has 0 bridgehead atoms.